The summed E-state index contributed by atoms with van der Waals surface area (Å²) in [6.45, 7) is 5.48. The lowest BCUT2D eigenvalue weighted by atomic mass is 10.1. The average molecular weight is 397 g/mol. The largest absolute Gasteiger partial charge is 0.441 e. The van der Waals surface area contributed by atoms with Gasteiger partial charge in [0.2, 0.25) is 0 Å². The monoisotopic (exact) mass is 397 g/mol. The number of nitrogens with one attached hydrogen (secondary N) is 1. The molecule has 8 nitrogen and oxygen atoms in total. The van der Waals surface area contributed by atoms with Crippen molar-refractivity contribution in [3.63, 3.8) is 0 Å². The molecule has 0 bridgehead atoms. The Morgan fingerprint density at radius 2 is 2.10 bits per heavy atom. The van der Waals surface area contributed by atoms with E-state index >= 15 is 0 Å². The van der Waals surface area contributed by atoms with Crippen LogP contribution in [0.1, 0.15) is 30.0 Å². The quantitative estimate of drug-likeness (QED) is 0.721. The molecule has 2 aliphatic rings. The van der Waals surface area contributed by atoms with Gasteiger partial charge in [0.1, 0.15) is 17.1 Å². The second-order valence-electron chi connectivity index (χ2n) is 8.05. The Bertz CT molecular complexity index is 1150. The van der Waals surface area contributed by atoms with Crippen LogP contribution >= 0.6 is 0 Å². The molecule has 0 saturated carbocycles. The fourth-order valence-electron chi connectivity index (χ4n) is 3.97. The SMILES string of the molecule is CC1(C)CN(c2cnn3c2CN(C(=O)c2cc4ccc(F)cc4[nH]2)CC3)C(=O)O1. The van der Waals surface area contributed by atoms with E-state index in [0.29, 0.717) is 43.1 Å². The van der Waals surface area contributed by atoms with Gasteiger partial charge in [-0.1, -0.05) is 0 Å². The Morgan fingerprint density at radius 1 is 1.28 bits per heavy atom. The third kappa shape index (κ3) is 2.93. The van der Waals surface area contributed by atoms with Gasteiger partial charge in [-0.3, -0.25) is 14.4 Å². The summed E-state index contributed by atoms with van der Waals surface area (Å²) in [5.41, 5.74) is 1.87. The fourth-order valence-corrected chi connectivity index (χ4v) is 3.97. The average Bonchev–Trinajstić information content (AvgIpc) is 3.34. The number of hydrogen-bond donors (Lipinski definition) is 1. The summed E-state index contributed by atoms with van der Waals surface area (Å²) in [4.78, 5) is 31.6. The van der Waals surface area contributed by atoms with Crippen LogP contribution in [0.5, 0.6) is 0 Å². The molecule has 1 saturated heterocycles. The van der Waals surface area contributed by atoms with Crippen LogP contribution in [0.4, 0.5) is 14.9 Å². The highest BCUT2D eigenvalue weighted by Crippen LogP contribution is 2.32. The highest BCUT2D eigenvalue weighted by Gasteiger charge is 2.40. The molecule has 29 heavy (non-hydrogen) atoms. The van der Waals surface area contributed by atoms with Gasteiger partial charge in [0, 0.05) is 17.4 Å². The van der Waals surface area contributed by atoms with Crippen molar-refractivity contribution in [2.45, 2.75) is 32.5 Å². The second kappa shape index (κ2) is 6.07. The third-order valence-electron chi connectivity index (χ3n) is 5.36. The lowest BCUT2D eigenvalue weighted by Gasteiger charge is -2.29. The van der Waals surface area contributed by atoms with Gasteiger partial charge in [-0.05, 0) is 38.1 Å². The lowest BCUT2D eigenvalue weighted by Crippen LogP contribution is -2.39. The van der Waals surface area contributed by atoms with E-state index in [2.05, 4.69) is 10.1 Å². The molecular formula is C20H20FN5O3. The standard InChI is InChI=1S/C20H20FN5O3/c1-20(2)11-25(19(28)29-20)16-9-22-26-6-5-24(10-17(16)26)18(27)15-7-12-3-4-13(21)8-14(12)23-15/h3-4,7-9,23H,5-6,10-11H2,1-2H3. The Balaban J connectivity index is 1.42. The summed E-state index contributed by atoms with van der Waals surface area (Å²) in [7, 11) is 0. The molecule has 1 fully saturated rings. The Morgan fingerprint density at radius 3 is 2.86 bits per heavy atom. The van der Waals surface area contributed by atoms with Crippen LogP contribution in [0, 0.1) is 5.82 Å². The van der Waals surface area contributed by atoms with Crippen LogP contribution in [-0.2, 0) is 17.8 Å². The van der Waals surface area contributed by atoms with Crippen LogP contribution in [0.2, 0.25) is 0 Å². The number of benzene rings is 1. The van der Waals surface area contributed by atoms with E-state index in [1.165, 1.54) is 12.1 Å². The van der Waals surface area contributed by atoms with E-state index in [1.807, 2.05) is 18.5 Å². The second-order valence-corrected chi connectivity index (χ2v) is 8.05. The van der Waals surface area contributed by atoms with Crippen LogP contribution in [-0.4, -0.2) is 50.4 Å². The van der Waals surface area contributed by atoms with Gasteiger partial charge in [-0.2, -0.15) is 5.10 Å². The van der Waals surface area contributed by atoms with E-state index in [1.54, 1.807) is 28.1 Å². The molecule has 0 unspecified atom stereocenters. The lowest BCUT2D eigenvalue weighted by molar-refractivity contribution is 0.0701. The van der Waals surface area contributed by atoms with E-state index in [-0.39, 0.29) is 11.7 Å². The summed E-state index contributed by atoms with van der Waals surface area (Å²) in [5, 5.41) is 5.15. The Labute approximate surface area is 165 Å². The molecule has 4 heterocycles. The van der Waals surface area contributed by atoms with Gasteiger partial charge in [0.15, 0.2) is 0 Å². The highest BCUT2D eigenvalue weighted by atomic mass is 19.1. The number of amides is 2. The predicted octanol–water partition coefficient (Wildman–Crippen LogP) is 2.89. The number of aromatic nitrogens is 3. The molecule has 2 aromatic heterocycles. The van der Waals surface area contributed by atoms with Crippen LogP contribution < -0.4 is 4.90 Å². The van der Waals surface area contributed by atoms with Crippen LogP contribution in [0.15, 0.2) is 30.5 Å². The van der Waals surface area contributed by atoms with Gasteiger partial charge in [0.25, 0.3) is 5.91 Å². The minimum atomic E-state index is -0.574. The summed E-state index contributed by atoms with van der Waals surface area (Å²) < 4.78 is 20.7. The molecule has 0 aliphatic carbocycles. The summed E-state index contributed by atoms with van der Waals surface area (Å²) in [5.74, 6) is -0.533. The van der Waals surface area contributed by atoms with E-state index in [9.17, 15) is 14.0 Å². The molecule has 0 atom stereocenters. The van der Waals surface area contributed by atoms with Crippen molar-refractivity contribution in [1.29, 1.82) is 0 Å². The first-order valence-electron chi connectivity index (χ1n) is 9.43. The number of fused-ring (bicyclic) bond motifs is 2. The minimum Gasteiger partial charge on any atom is -0.441 e. The number of carbonyl (C=O) groups is 2. The first kappa shape index (κ1) is 17.7. The predicted molar refractivity (Wildman–Crippen MR) is 103 cm³/mol. The summed E-state index contributed by atoms with van der Waals surface area (Å²) >= 11 is 0. The maximum Gasteiger partial charge on any atom is 0.415 e. The number of anilines is 1. The number of rotatable bonds is 2. The van der Waals surface area contributed by atoms with E-state index in [0.717, 1.165) is 11.1 Å². The molecule has 0 radical (unpaired) electrons. The highest BCUT2D eigenvalue weighted by molar-refractivity contribution is 5.98. The molecule has 150 valence electrons. The molecule has 9 heteroatoms. The van der Waals surface area contributed by atoms with Gasteiger partial charge >= 0.3 is 6.09 Å². The maximum atomic E-state index is 13.4. The Kier molecular flexibility index (Phi) is 3.71. The van der Waals surface area contributed by atoms with Gasteiger partial charge in [-0.25, -0.2) is 9.18 Å². The van der Waals surface area contributed by atoms with E-state index < -0.39 is 11.7 Å². The number of hydrogen-bond acceptors (Lipinski definition) is 4. The van der Waals surface area contributed by atoms with Crippen molar-refractivity contribution in [3.8, 4) is 0 Å². The fraction of sp³-hybridized carbons (Fsp3) is 0.350. The van der Waals surface area contributed by atoms with Gasteiger partial charge in [0.05, 0.1) is 37.2 Å². The van der Waals surface area contributed by atoms with Crippen molar-refractivity contribution in [2.24, 2.45) is 0 Å². The van der Waals surface area contributed by atoms with Crippen LogP contribution in [0.25, 0.3) is 10.9 Å². The molecule has 2 aliphatic heterocycles. The van der Waals surface area contributed by atoms with Crippen molar-refractivity contribution in [2.75, 3.05) is 18.0 Å². The number of cyclic esters (lactones) is 1. The molecule has 1 N–H and O–H groups in total. The van der Waals surface area contributed by atoms with Gasteiger partial charge in [-0.15, -0.1) is 0 Å². The Hall–Kier alpha value is -3.36. The van der Waals surface area contributed by atoms with Crippen LogP contribution in [0.3, 0.4) is 0 Å². The first-order valence-corrected chi connectivity index (χ1v) is 9.43. The van der Waals surface area contributed by atoms with Gasteiger partial charge < -0.3 is 14.6 Å². The topological polar surface area (TPSA) is 83.5 Å². The summed E-state index contributed by atoms with van der Waals surface area (Å²) in [6.07, 6.45) is 1.24. The van der Waals surface area contributed by atoms with Crippen molar-refractivity contribution >= 4 is 28.6 Å². The summed E-state index contributed by atoms with van der Waals surface area (Å²) in [6, 6.07) is 6.11. The normalized spacial score (nSPS) is 18.2. The number of H-pyrrole nitrogens is 1. The third-order valence-corrected chi connectivity index (χ3v) is 5.36. The van der Waals surface area contributed by atoms with Crippen molar-refractivity contribution in [3.05, 3.63) is 47.7 Å². The number of ether oxygens (including phenoxy) is 1. The molecule has 1 aromatic carbocycles. The zero-order chi connectivity index (χ0) is 20.3. The number of carbonyl (C=O) groups excluding carboxylic acids is 2. The maximum absolute atomic E-state index is 13.4. The van der Waals surface area contributed by atoms with Crippen molar-refractivity contribution < 1.29 is 18.7 Å². The number of nitrogens with zero attached hydrogens (tertiary/aromatic N) is 4. The first-order chi connectivity index (χ1) is 13.8. The minimum absolute atomic E-state index is 0.177. The molecular weight excluding hydrogens is 377 g/mol. The molecule has 5 rings (SSSR count). The molecule has 0 spiro atoms. The number of aromatic amines is 1. The molecule has 2 amide bonds. The zero-order valence-corrected chi connectivity index (χ0v) is 16.1. The zero-order valence-electron chi connectivity index (χ0n) is 16.1. The smallest absolute Gasteiger partial charge is 0.415 e. The van der Waals surface area contributed by atoms with Crippen molar-refractivity contribution in [1.82, 2.24) is 19.7 Å². The molecule has 3 aromatic rings. The van der Waals surface area contributed by atoms with E-state index in [4.69, 9.17) is 4.74 Å². The number of halogens is 1.